The predicted molar refractivity (Wildman–Crippen MR) is 110 cm³/mol. The molecule has 0 bridgehead atoms. The van der Waals surface area contributed by atoms with Gasteiger partial charge < -0.3 is 10.2 Å². The molecule has 0 saturated heterocycles. The third-order valence-electron chi connectivity index (χ3n) is 4.11. The molecule has 2 rings (SSSR count). The summed E-state index contributed by atoms with van der Waals surface area (Å²) in [5.74, 6) is -0.00451. The second-order valence-electron chi connectivity index (χ2n) is 6.37. The van der Waals surface area contributed by atoms with Gasteiger partial charge in [0.1, 0.15) is 0 Å². The van der Waals surface area contributed by atoms with Crippen molar-refractivity contribution in [2.24, 2.45) is 5.14 Å². The first-order valence-corrected chi connectivity index (χ1v) is 10.9. The number of nitrogens with one attached hydrogen (secondary N) is 1. The van der Waals surface area contributed by atoms with Gasteiger partial charge in [-0.3, -0.25) is 4.79 Å². The number of amides is 1. The summed E-state index contributed by atoms with van der Waals surface area (Å²) in [5.41, 5.74) is 2.12. The SMILES string of the molecule is CN(CCC(=O)NCCc1ccc(S(N)(=O)=O)cc1)Cc1ccccc1Br. The molecular formula is C19H24BrN3O3S. The summed E-state index contributed by atoms with van der Waals surface area (Å²) in [6.45, 7) is 1.93. The van der Waals surface area contributed by atoms with Crippen LogP contribution in [0.2, 0.25) is 0 Å². The summed E-state index contributed by atoms with van der Waals surface area (Å²) in [7, 11) is -1.69. The quantitative estimate of drug-likeness (QED) is 0.608. The van der Waals surface area contributed by atoms with Crippen molar-refractivity contribution in [2.75, 3.05) is 20.1 Å². The number of carbonyl (C=O) groups excluding carboxylic acids is 1. The molecular weight excluding hydrogens is 430 g/mol. The van der Waals surface area contributed by atoms with Crippen molar-refractivity contribution in [2.45, 2.75) is 24.3 Å². The van der Waals surface area contributed by atoms with E-state index in [-0.39, 0.29) is 10.8 Å². The van der Waals surface area contributed by atoms with Crippen LogP contribution in [0, 0.1) is 0 Å². The highest BCUT2D eigenvalue weighted by Gasteiger charge is 2.08. The van der Waals surface area contributed by atoms with Gasteiger partial charge in [-0.25, -0.2) is 13.6 Å². The van der Waals surface area contributed by atoms with E-state index in [0.717, 1.165) is 16.6 Å². The van der Waals surface area contributed by atoms with Crippen molar-refractivity contribution < 1.29 is 13.2 Å². The first-order valence-electron chi connectivity index (χ1n) is 8.56. The van der Waals surface area contributed by atoms with E-state index in [4.69, 9.17) is 5.14 Å². The second kappa shape index (κ2) is 9.98. The van der Waals surface area contributed by atoms with Crippen molar-refractivity contribution in [1.82, 2.24) is 10.2 Å². The summed E-state index contributed by atoms with van der Waals surface area (Å²) < 4.78 is 23.5. The van der Waals surface area contributed by atoms with E-state index in [2.05, 4.69) is 32.2 Å². The molecule has 146 valence electrons. The minimum atomic E-state index is -3.67. The van der Waals surface area contributed by atoms with E-state index in [1.165, 1.54) is 17.7 Å². The van der Waals surface area contributed by atoms with Crippen LogP contribution < -0.4 is 10.5 Å². The summed E-state index contributed by atoms with van der Waals surface area (Å²) in [5, 5.41) is 7.96. The summed E-state index contributed by atoms with van der Waals surface area (Å²) in [4.78, 5) is 14.2. The molecule has 0 saturated carbocycles. The van der Waals surface area contributed by atoms with Gasteiger partial charge in [0.25, 0.3) is 0 Å². The van der Waals surface area contributed by atoms with E-state index in [1.807, 2.05) is 25.2 Å². The Bertz CT molecular complexity index is 870. The maximum atomic E-state index is 12.0. The number of sulfonamides is 1. The number of carbonyl (C=O) groups is 1. The fourth-order valence-electron chi connectivity index (χ4n) is 2.57. The van der Waals surface area contributed by atoms with E-state index in [1.54, 1.807) is 12.1 Å². The lowest BCUT2D eigenvalue weighted by Gasteiger charge is -2.17. The summed E-state index contributed by atoms with van der Waals surface area (Å²) >= 11 is 3.53. The zero-order valence-corrected chi connectivity index (χ0v) is 17.6. The summed E-state index contributed by atoms with van der Waals surface area (Å²) in [6, 6.07) is 14.4. The number of benzene rings is 2. The highest BCUT2D eigenvalue weighted by molar-refractivity contribution is 9.10. The number of hydrogen-bond acceptors (Lipinski definition) is 4. The average Bonchev–Trinajstić information content (AvgIpc) is 2.62. The molecule has 1 amide bonds. The smallest absolute Gasteiger partial charge is 0.238 e. The normalized spacial score (nSPS) is 11.6. The van der Waals surface area contributed by atoms with E-state index in [9.17, 15) is 13.2 Å². The molecule has 0 aromatic heterocycles. The average molecular weight is 454 g/mol. The fraction of sp³-hybridized carbons (Fsp3) is 0.316. The van der Waals surface area contributed by atoms with Crippen LogP contribution in [0.4, 0.5) is 0 Å². The lowest BCUT2D eigenvalue weighted by molar-refractivity contribution is -0.121. The van der Waals surface area contributed by atoms with Gasteiger partial charge >= 0.3 is 0 Å². The molecule has 0 spiro atoms. The predicted octanol–water partition coefficient (Wildman–Crippen LogP) is 2.28. The van der Waals surface area contributed by atoms with Gasteiger partial charge in [-0.1, -0.05) is 46.3 Å². The first kappa shape index (κ1) is 21.6. The molecule has 0 aliphatic carbocycles. The Morgan fingerprint density at radius 1 is 1.15 bits per heavy atom. The van der Waals surface area contributed by atoms with Gasteiger partial charge in [-0.15, -0.1) is 0 Å². The number of hydrogen-bond donors (Lipinski definition) is 2. The minimum absolute atomic E-state index is 0.00451. The van der Waals surface area contributed by atoms with Crippen LogP contribution in [-0.4, -0.2) is 39.4 Å². The molecule has 2 aromatic rings. The number of primary sulfonamides is 1. The van der Waals surface area contributed by atoms with E-state index in [0.29, 0.717) is 25.9 Å². The highest BCUT2D eigenvalue weighted by Crippen LogP contribution is 2.17. The van der Waals surface area contributed by atoms with Gasteiger partial charge in [-0.05, 0) is 42.8 Å². The molecule has 0 atom stereocenters. The highest BCUT2D eigenvalue weighted by atomic mass is 79.9. The molecule has 0 heterocycles. The molecule has 3 N–H and O–H groups in total. The number of nitrogens with two attached hydrogens (primary N) is 1. The zero-order chi connectivity index (χ0) is 19.9. The first-order chi connectivity index (χ1) is 12.8. The maximum Gasteiger partial charge on any atom is 0.238 e. The molecule has 0 unspecified atom stereocenters. The van der Waals surface area contributed by atoms with Gasteiger partial charge in [-0.2, -0.15) is 0 Å². The van der Waals surface area contributed by atoms with Gasteiger partial charge in [0, 0.05) is 30.5 Å². The Hall–Kier alpha value is -1.74. The van der Waals surface area contributed by atoms with Gasteiger partial charge in [0.05, 0.1) is 4.90 Å². The van der Waals surface area contributed by atoms with E-state index >= 15 is 0 Å². The molecule has 0 radical (unpaired) electrons. The Morgan fingerprint density at radius 3 is 2.44 bits per heavy atom. The van der Waals surface area contributed by atoms with Crippen molar-refractivity contribution in [3.05, 3.63) is 64.1 Å². The second-order valence-corrected chi connectivity index (χ2v) is 8.78. The third kappa shape index (κ3) is 7.42. The largest absolute Gasteiger partial charge is 0.356 e. The number of halogens is 1. The molecule has 0 fully saturated rings. The van der Waals surface area contributed by atoms with Crippen LogP contribution in [0.1, 0.15) is 17.5 Å². The molecule has 8 heteroatoms. The monoisotopic (exact) mass is 453 g/mol. The fourth-order valence-corrected chi connectivity index (χ4v) is 3.49. The number of rotatable bonds is 9. The Labute approximate surface area is 168 Å². The molecule has 0 aliphatic rings. The van der Waals surface area contributed by atoms with E-state index < -0.39 is 10.0 Å². The number of nitrogens with zero attached hydrogens (tertiary/aromatic N) is 1. The van der Waals surface area contributed by atoms with Crippen molar-refractivity contribution >= 4 is 31.9 Å². The third-order valence-corrected chi connectivity index (χ3v) is 5.81. The Kier molecular flexibility index (Phi) is 7.97. The van der Waals surface area contributed by atoms with Crippen molar-refractivity contribution in [3.8, 4) is 0 Å². The Morgan fingerprint density at radius 2 is 1.81 bits per heavy atom. The van der Waals surface area contributed by atoms with Crippen LogP contribution in [0.5, 0.6) is 0 Å². The lowest BCUT2D eigenvalue weighted by atomic mass is 10.1. The Balaban J connectivity index is 1.69. The topological polar surface area (TPSA) is 92.5 Å². The van der Waals surface area contributed by atoms with Gasteiger partial charge in [0.15, 0.2) is 0 Å². The van der Waals surface area contributed by atoms with Crippen LogP contribution in [0.3, 0.4) is 0 Å². The van der Waals surface area contributed by atoms with Crippen molar-refractivity contribution in [3.63, 3.8) is 0 Å². The van der Waals surface area contributed by atoms with Crippen molar-refractivity contribution in [1.29, 1.82) is 0 Å². The molecule has 6 nitrogen and oxygen atoms in total. The summed E-state index contributed by atoms with van der Waals surface area (Å²) in [6.07, 6.45) is 1.05. The maximum absolute atomic E-state index is 12.0. The lowest BCUT2D eigenvalue weighted by Crippen LogP contribution is -2.30. The standard InChI is InChI=1S/C19H24BrN3O3S/c1-23(14-16-4-2-3-5-18(16)20)13-11-19(24)22-12-10-15-6-8-17(9-7-15)27(21,25)26/h2-9H,10-14H2,1H3,(H,22,24)(H2,21,25,26). The minimum Gasteiger partial charge on any atom is -0.356 e. The molecule has 0 aliphatic heterocycles. The molecule has 2 aromatic carbocycles. The van der Waals surface area contributed by atoms with Crippen LogP contribution in [0.25, 0.3) is 0 Å². The van der Waals surface area contributed by atoms with Gasteiger partial charge in [0.2, 0.25) is 15.9 Å². The molecule has 27 heavy (non-hydrogen) atoms. The zero-order valence-electron chi connectivity index (χ0n) is 15.2. The van der Waals surface area contributed by atoms with Crippen LogP contribution >= 0.6 is 15.9 Å². The van der Waals surface area contributed by atoms with Crippen LogP contribution in [0.15, 0.2) is 57.9 Å². The van der Waals surface area contributed by atoms with Crippen LogP contribution in [-0.2, 0) is 27.8 Å².